The molecule has 0 spiro atoms. The van der Waals surface area contributed by atoms with Crippen LogP contribution in [0.3, 0.4) is 0 Å². The lowest BCUT2D eigenvalue weighted by atomic mass is 10.1. The summed E-state index contributed by atoms with van der Waals surface area (Å²) in [4.78, 5) is 52.8. The van der Waals surface area contributed by atoms with Crippen molar-refractivity contribution in [3.8, 4) is 0 Å². The molecule has 0 heterocycles. The molecule has 0 aliphatic heterocycles. The number of carbonyl (C=O) groups is 4. The van der Waals surface area contributed by atoms with Crippen molar-refractivity contribution >= 4 is 23.6 Å². The summed E-state index contributed by atoms with van der Waals surface area (Å²) in [5, 5.41) is 5.69. The Balaban J connectivity index is 1.33. The van der Waals surface area contributed by atoms with E-state index in [2.05, 4.69) is 10.6 Å². The first kappa shape index (κ1) is 34.0. The smallest absolute Gasteiger partial charge is 0.223 e. The number of hydrogen-bond acceptors (Lipinski definition) is 6. The molecule has 0 fully saturated rings. The van der Waals surface area contributed by atoms with Crippen molar-refractivity contribution in [2.45, 2.75) is 65.0 Å². The summed E-state index contributed by atoms with van der Waals surface area (Å²) in [5.74, 6) is -0.579. The molecule has 0 unspecified atom stereocenters. The second-order valence-electron chi connectivity index (χ2n) is 10.9. The van der Waals surface area contributed by atoms with Gasteiger partial charge in [-0.25, -0.2) is 0 Å². The molecule has 0 atom stereocenters. The number of amides is 4. The highest BCUT2D eigenvalue weighted by Gasteiger charge is 2.14. The molecule has 10 heteroatoms. The van der Waals surface area contributed by atoms with Gasteiger partial charge in [0, 0.05) is 79.0 Å². The maximum atomic E-state index is 12.6. The molecule has 0 radical (unpaired) electrons. The molecule has 0 bridgehead atoms. The number of nitrogens with one attached hydrogen (secondary N) is 2. The lowest BCUT2D eigenvalue weighted by Crippen LogP contribution is -2.29. The van der Waals surface area contributed by atoms with Gasteiger partial charge in [0.25, 0.3) is 0 Å². The zero-order valence-electron chi connectivity index (χ0n) is 25.7. The molecular weight excluding hydrogens is 556 g/mol. The molecule has 4 amide bonds. The fourth-order valence-electron chi connectivity index (χ4n) is 4.46. The predicted octanol–water partition coefficient (Wildman–Crippen LogP) is 2.71. The highest BCUT2D eigenvalue weighted by molar-refractivity contribution is 5.84. The molecule has 3 rings (SSSR count). The second kappa shape index (κ2) is 17.5. The fourth-order valence-corrected chi connectivity index (χ4v) is 4.46. The van der Waals surface area contributed by atoms with Gasteiger partial charge >= 0.3 is 0 Å². The van der Waals surface area contributed by atoms with Crippen LogP contribution in [0.5, 0.6) is 0 Å². The van der Waals surface area contributed by atoms with Crippen molar-refractivity contribution in [3.05, 3.63) is 106 Å². The standard InChI is InChI=1S/C34H44N6O4/c1-39(33(43)17-15-31(41)37-21-27-7-3-25(19-35)4-8-27)23-29-11-13-30(14-12-29)24-40(2)34(44)18-16-32(42)38-22-28-9-5-26(20-36)6-10-28/h3-14H,15-24,35-36H2,1-2H3,(H,37,41)(H,38,42). The number of hydrogen-bond donors (Lipinski definition) is 4. The topological polar surface area (TPSA) is 151 Å². The summed E-state index contributed by atoms with van der Waals surface area (Å²) < 4.78 is 0. The first-order valence-corrected chi connectivity index (χ1v) is 14.8. The van der Waals surface area contributed by atoms with E-state index in [1.165, 1.54) is 0 Å². The molecule has 3 aromatic rings. The van der Waals surface area contributed by atoms with Gasteiger partial charge in [-0.1, -0.05) is 72.8 Å². The Morgan fingerprint density at radius 2 is 0.795 bits per heavy atom. The maximum Gasteiger partial charge on any atom is 0.223 e. The first-order valence-electron chi connectivity index (χ1n) is 14.8. The third-order valence-corrected chi connectivity index (χ3v) is 7.34. The van der Waals surface area contributed by atoms with Crippen LogP contribution < -0.4 is 22.1 Å². The van der Waals surface area contributed by atoms with E-state index in [4.69, 9.17) is 11.5 Å². The summed E-state index contributed by atoms with van der Waals surface area (Å²) in [7, 11) is 3.43. The van der Waals surface area contributed by atoms with Crippen molar-refractivity contribution in [2.24, 2.45) is 11.5 Å². The van der Waals surface area contributed by atoms with Crippen LogP contribution in [0.25, 0.3) is 0 Å². The molecular formula is C34H44N6O4. The van der Waals surface area contributed by atoms with Crippen LogP contribution in [0, 0.1) is 0 Å². The summed E-state index contributed by atoms with van der Waals surface area (Å²) in [6.07, 6.45) is 0.487. The molecule has 6 N–H and O–H groups in total. The number of benzene rings is 3. The quantitative estimate of drug-likeness (QED) is 0.199. The van der Waals surface area contributed by atoms with Crippen molar-refractivity contribution in [1.29, 1.82) is 0 Å². The van der Waals surface area contributed by atoms with Crippen molar-refractivity contribution < 1.29 is 19.2 Å². The molecule has 10 nitrogen and oxygen atoms in total. The van der Waals surface area contributed by atoms with Gasteiger partial charge in [0.2, 0.25) is 23.6 Å². The van der Waals surface area contributed by atoms with Gasteiger partial charge in [-0.05, 0) is 33.4 Å². The van der Waals surface area contributed by atoms with Gasteiger partial charge in [-0.3, -0.25) is 19.2 Å². The van der Waals surface area contributed by atoms with E-state index in [0.717, 1.165) is 33.4 Å². The monoisotopic (exact) mass is 600 g/mol. The number of nitrogens with zero attached hydrogens (tertiary/aromatic N) is 2. The largest absolute Gasteiger partial charge is 0.352 e. The molecule has 0 saturated carbocycles. The van der Waals surface area contributed by atoms with Crippen LogP contribution in [0.1, 0.15) is 59.1 Å². The van der Waals surface area contributed by atoms with Gasteiger partial charge in [-0.2, -0.15) is 0 Å². The Morgan fingerprint density at radius 3 is 1.11 bits per heavy atom. The molecule has 44 heavy (non-hydrogen) atoms. The van der Waals surface area contributed by atoms with Crippen LogP contribution in [0.15, 0.2) is 72.8 Å². The Kier molecular flexibility index (Phi) is 13.5. The minimum absolute atomic E-state index is 0.115. The Bertz CT molecular complexity index is 1270. The minimum Gasteiger partial charge on any atom is -0.352 e. The van der Waals surface area contributed by atoms with Gasteiger partial charge < -0.3 is 31.9 Å². The average molecular weight is 601 g/mol. The van der Waals surface area contributed by atoms with Crippen LogP contribution in [-0.4, -0.2) is 47.5 Å². The summed E-state index contributed by atoms with van der Waals surface area (Å²) in [6.45, 7) is 2.58. The zero-order valence-corrected chi connectivity index (χ0v) is 25.7. The summed E-state index contributed by atoms with van der Waals surface area (Å²) in [5.41, 5.74) is 17.1. The molecule has 0 aliphatic rings. The number of carbonyl (C=O) groups excluding carboxylic acids is 4. The number of rotatable bonds is 16. The number of nitrogens with two attached hydrogens (primary N) is 2. The van der Waals surface area contributed by atoms with E-state index in [1.54, 1.807) is 23.9 Å². The van der Waals surface area contributed by atoms with Crippen molar-refractivity contribution in [2.75, 3.05) is 14.1 Å². The van der Waals surface area contributed by atoms with Gasteiger partial charge in [0.1, 0.15) is 0 Å². The van der Waals surface area contributed by atoms with E-state index >= 15 is 0 Å². The van der Waals surface area contributed by atoms with Crippen LogP contribution >= 0.6 is 0 Å². The molecule has 234 valence electrons. The Morgan fingerprint density at radius 1 is 0.500 bits per heavy atom. The lowest BCUT2D eigenvalue weighted by Gasteiger charge is -2.19. The fraction of sp³-hybridized carbons (Fsp3) is 0.353. The van der Waals surface area contributed by atoms with E-state index in [-0.39, 0.29) is 49.3 Å². The molecule has 0 aromatic heterocycles. The van der Waals surface area contributed by atoms with Gasteiger partial charge in [0.05, 0.1) is 0 Å². The molecule has 0 aliphatic carbocycles. The van der Waals surface area contributed by atoms with Crippen LogP contribution in [0.4, 0.5) is 0 Å². The summed E-state index contributed by atoms with van der Waals surface area (Å²) in [6, 6.07) is 23.1. The average Bonchev–Trinajstić information content (AvgIpc) is 3.05. The summed E-state index contributed by atoms with van der Waals surface area (Å²) >= 11 is 0. The SMILES string of the molecule is CN(Cc1ccc(CN(C)C(=O)CCC(=O)NCc2ccc(CN)cc2)cc1)C(=O)CCC(=O)NCc1ccc(CN)cc1. The van der Waals surface area contributed by atoms with E-state index in [0.29, 0.717) is 39.3 Å². The van der Waals surface area contributed by atoms with E-state index in [1.807, 2.05) is 72.8 Å². The third-order valence-electron chi connectivity index (χ3n) is 7.34. The Hall–Kier alpha value is -4.54. The van der Waals surface area contributed by atoms with E-state index < -0.39 is 0 Å². The van der Waals surface area contributed by atoms with Gasteiger partial charge in [0.15, 0.2) is 0 Å². The van der Waals surface area contributed by atoms with Gasteiger partial charge in [-0.15, -0.1) is 0 Å². The Labute approximate surface area is 259 Å². The zero-order chi connectivity index (χ0) is 31.9. The highest BCUT2D eigenvalue weighted by atomic mass is 16.2. The maximum absolute atomic E-state index is 12.6. The van der Waals surface area contributed by atoms with Crippen molar-refractivity contribution in [1.82, 2.24) is 20.4 Å². The molecule has 0 saturated heterocycles. The van der Waals surface area contributed by atoms with Crippen LogP contribution in [-0.2, 0) is 58.4 Å². The predicted molar refractivity (Wildman–Crippen MR) is 170 cm³/mol. The second-order valence-corrected chi connectivity index (χ2v) is 10.9. The lowest BCUT2D eigenvalue weighted by molar-refractivity contribution is -0.133. The first-order chi connectivity index (χ1) is 21.2. The van der Waals surface area contributed by atoms with Crippen molar-refractivity contribution in [3.63, 3.8) is 0 Å². The van der Waals surface area contributed by atoms with Crippen LogP contribution in [0.2, 0.25) is 0 Å². The molecule has 3 aromatic carbocycles. The third kappa shape index (κ3) is 11.6. The normalized spacial score (nSPS) is 10.6. The minimum atomic E-state index is -0.174. The highest BCUT2D eigenvalue weighted by Crippen LogP contribution is 2.11. The van der Waals surface area contributed by atoms with E-state index in [9.17, 15) is 19.2 Å².